The van der Waals surface area contributed by atoms with Crippen LogP contribution in [0.3, 0.4) is 0 Å². The highest BCUT2D eigenvalue weighted by molar-refractivity contribution is 9.10. The molecule has 0 saturated heterocycles. The largest absolute Gasteiger partial charge is 0.454 e. The number of rotatable bonds is 4. The van der Waals surface area contributed by atoms with Crippen molar-refractivity contribution >= 4 is 27.3 Å². The normalized spacial score (nSPS) is 12.2. The predicted octanol–water partition coefficient (Wildman–Crippen LogP) is 3.09. The maximum atomic E-state index is 11.0. The highest BCUT2D eigenvalue weighted by Crippen LogP contribution is 2.34. The zero-order valence-electron chi connectivity index (χ0n) is 10.7. The lowest BCUT2D eigenvalue weighted by molar-refractivity contribution is -0.384. The molecule has 8 heteroatoms. The van der Waals surface area contributed by atoms with E-state index in [0.717, 1.165) is 5.56 Å². The van der Waals surface area contributed by atoms with Crippen molar-refractivity contribution in [2.75, 3.05) is 12.1 Å². The lowest BCUT2D eigenvalue weighted by atomic mass is 10.2. The van der Waals surface area contributed by atoms with Gasteiger partial charge >= 0.3 is 5.69 Å². The van der Waals surface area contributed by atoms with E-state index in [-0.39, 0.29) is 12.5 Å². The fourth-order valence-corrected chi connectivity index (χ4v) is 2.44. The molecule has 0 unspecified atom stereocenters. The zero-order valence-corrected chi connectivity index (χ0v) is 12.3. The first-order valence-electron chi connectivity index (χ1n) is 6.05. The predicted molar refractivity (Wildman–Crippen MR) is 78.5 cm³/mol. The van der Waals surface area contributed by atoms with Crippen LogP contribution in [0.15, 0.2) is 35.1 Å². The molecule has 1 aliphatic rings. The molecular weight excluding hydrogens is 342 g/mol. The fourth-order valence-electron chi connectivity index (χ4n) is 1.98. The zero-order chi connectivity index (χ0) is 14.8. The number of nitrogens with one attached hydrogen (secondary N) is 1. The molecule has 2 aromatic rings. The first kappa shape index (κ1) is 13.6. The van der Waals surface area contributed by atoms with Crippen LogP contribution in [0.1, 0.15) is 5.56 Å². The number of anilines is 1. The number of hydrogen-bond donors (Lipinski definition) is 1. The monoisotopic (exact) mass is 351 g/mol. The maximum Gasteiger partial charge on any atom is 0.311 e. The van der Waals surface area contributed by atoms with Crippen molar-refractivity contribution in [3.05, 3.63) is 50.7 Å². The van der Waals surface area contributed by atoms with E-state index in [0.29, 0.717) is 28.2 Å². The Labute approximate surface area is 128 Å². The van der Waals surface area contributed by atoms with Crippen molar-refractivity contribution in [2.45, 2.75) is 6.54 Å². The highest BCUT2D eigenvalue weighted by atomic mass is 79.9. The minimum absolute atomic E-state index is 0.0786. The number of benzene rings is 1. The van der Waals surface area contributed by atoms with Gasteiger partial charge in [0, 0.05) is 12.7 Å². The molecule has 0 bridgehead atoms. The van der Waals surface area contributed by atoms with Crippen molar-refractivity contribution in [1.82, 2.24) is 4.98 Å². The third kappa shape index (κ3) is 2.75. The van der Waals surface area contributed by atoms with Gasteiger partial charge in [-0.3, -0.25) is 15.1 Å². The van der Waals surface area contributed by atoms with Crippen LogP contribution >= 0.6 is 15.9 Å². The average Bonchev–Trinajstić information content (AvgIpc) is 2.93. The third-order valence-corrected chi connectivity index (χ3v) is 3.58. The maximum absolute atomic E-state index is 11.0. The highest BCUT2D eigenvalue weighted by Gasteiger charge is 2.18. The summed E-state index contributed by atoms with van der Waals surface area (Å²) in [6.45, 7) is 0.633. The van der Waals surface area contributed by atoms with E-state index in [1.54, 1.807) is 0 Å². The molecule has 0 atom stereocenters. The quantitative estimate of drug-likeness (QED) is 0.672. The molecule has 1 N–H and O–H groups in total. The lowest BCUT2D eigenvalue weighted by Crippen LogP contribution is -2.04. The number of nitrogens with zero attached hydrogens (tertiary/aromatic N) is 2. The van der Waals surface area contributed by atoms with Crippen molar-refractivity contribution in [1.29, 1.82) is 0 Å². The number of fused-ring (bicyclic) bond motifs is 1. The van der Waals surface area contributed by atoms with Crippen molar-refractivity contribution < 1.29 is 14.4 Å². The molecule has 0 saturated carbocycles. The second-order valence-electron chi connectivity index (χ2n) is 4.31. The first-order chi connectivity index (χ1) is 10.1. The van der Waals surface area contributed by atoms with Gasteiger partial charge in [0.1, 0.15) is 11.9 Å². The number of aromatic nitrogens is 1. The van der Waals surface area contributed by atoms with Crippen molar-refractivity contribution in [2.24, 2.45) is 0 Å². The van der Waals surface area contributed by atoms with E-state index in [4.69, 9.17) is 9.47 Å². The van der Waals surface area contributed by atoms with Crippen LogP contribution in [0.25, 0.3) is 0 Å². The van der Waals surface area contributed by atoms with Crippen LogP contribution in [-0.2, 0) is 6.54 Å². The molecule has 108 valence electrons. The second-order valence-corrected chi connectivity index (χ2v) is 5.17. The van der Waals surface area contributed by atoms with E-state index in [9.17, 15) is 10.1 Å². The number of halogens is 1. The van der Waals surface area contributed by atoms with E-state index < -0.39 is 4.92 Å². The average molecular weight is 352 g/mol. The summed E-state index contributed by atoms with van der Waals surface area (Å²) in [6, 6.07) is 5.53. The SMILES string of the molecule is O=[N+]([O-])c1cncc(Br)c1NCc1ccc2c(c1)OCO2. The van der Waals surface area contributed by atoms with Gasteiger partial charge in [-0.2, -0.15) is 0 Å². The van der Waals surface area contributed by atoms with Gasteiger partial charge in [-0.25, -0.2) is 0 Å². The Balaban J connectivity index is 1.80. The van der Waals surface area contributed by atoms with Crippen LogP contribution < -0.4 is 14.8 Å². The van der Waals surface area contributed by atoms with Crippen molar-refractivity contribution in [3.8, 4) is 11.5 Å². The molecule has 2 heterocycles. The van der Waals surface area contributed by atoms with E-state index in [1.165, 1.54) is 12.4 Å². The van der Waals surface area contributed by atoms with Gasteiger partial charge in [0.25, 0.3) is 0 Å². The van der Waals surface area contributed by atoms with E-state index in [2.05, 4.69) is 26.2 Å². The first-order valence-corrected chi connectivity index (χ1v) is 6.85. The van der Waals surface area contributed by atoms with Crippen LogP contribution in [0.4, 0.5) is 11.4 Å². The molecule has 0 spiro atoms. The summed E-state index contributed by atoms with van der Waals surface area (Å²) < 4.78 is 11.1. The van der Waals surface area contributed by atoms with Crippen molar-refractivity contribution in [3.63, 3.8) is 0 Å². The summed E-state index contributed by atoms with van der Waals surface area (Å²) in [6.07, 6.45) is 2.72. The molecule has 0 aliphatic carbocycles. The van der Waals surface area contributed by atoms with E-state index in [1.807, 2.05) is 18.2 Å². The molecule has 0 amide bonds. The standard InChI is InChI=1S/C13H10BrN3O4/c14-9-5-15-6-10(17(18)19)13(9)16-4-8-1-2-11-12(3-8)21-7-20-11/h1-3,5-6H,4,7H2,(H,15,16). The second kappa shape index (κ2) is 5.57. The summed E-state index contributed by atoms with van der Waals surface area (Å²) in [5, 5.41) is 14.1. The summed E-state index contributed by atoms with van der Waals surface area (Å²) in [5.41, 5.74) is 1.25. The molecule has 21 heavy (non-hydrogen) atoms. The van der Waals surface area contributed by atoms with Gasteiger partial charge in [-0.15, -0.1) is 0 Å². The topological polar surface area (TPSA) is 86.5 Å². The molecule has 3 rings (SSSR count). The number of nitro groups is 1. The van der Waals surface area contributed by atoms with Gasteiger partial charge in [-0.05, 0) is 33.6 Å². The fraction of sp³-hybridized carbons (Fsp3) is 0.154. The summed E-state index contributed by atoms with van der Waals surface area (Å²) in [5.74, 6) is 1.38. The minimum atomic E-state index is -0.472. The third-order valence-electron chi connectivity index (χ3n) is 2.98. The minimum Gasteiger partial charge on any atom is -0.454 e. The van der Waals surface area contributed by atoms with Gasteiger partial charge in [-0.1, -0.05) is 6.07 Å². The number of pyridine rings is 1. The summed E-state index contributed by atoms with van der Waals surface area (Å²) in [4.78, 5) is 14.3. The van der Waals surface area contributed by atoms with Gasteiger partial charge in [0.15, 0.2) is 11.5 Å². The molecule has 1 aromatic heterocycles. The summed E-state index contributed by atoms with van der Waals surface area (Å²) >= 11 is 3.26. The van der Waals surface area contributed by atoms with Crippen LogP contribution in [0, 0.1) is 10.1 Å². The molecule has 0 radical (unpaired) electrons. The van der Waals surface area contributed by atoms with Gasteiger partial charge in [0.05, 0.1) is 9.40 Å². The van der Waals surface area contributed by atoms with Crippen LogP contribution in [0.2, 0.25) is 0 Å². The molecule has 0 fully saturated rings. The Kier molecular flexibility index (Phi) is 3.61. The Morgan fingerprint density at radius 1 is 1.33 bits per heavy atom. The smallest absolute Gasteiger partial charge is 0.311 e. The number of ether oxygens (including phenoxy) is 2. The van der Waals surface area contributed by atoms with Crippen LogP contribution in [-0.4, -0.2) is 16.7 Å². The van der Waals surface area contributed by atoms with Gasteiger partial charge in [0.2, 0.25) is 6.79 Å². The molecule has 1 aromatic carbocycles. The number of hydrogen-bond acceptors (Lipinski definition) is 6. The van der Waals surface area contributed by atoms with E-state index >= 15 is 0 Å². The molecule has 7 nitrogen and oxygen atoms in total. The Hall–Kier alpha value is -2.35. The Morgan fingerprint density at radius 3 is 2.95 bits per heavy atom. The van der Waals surface area contributed by atoms with Gasteiger partial charge < -0.3 is 14.8 Å². The van der Waals surface area contributed by atoms with Crippen LogP contribution in [0.5, 0.6) is 11.5 Å². The molecular formula is C13H10BrN3O4. The Morgan fingerprint density at radius 2 is 2.14 bits per heavy atom. The lowest BCUT2D eigenvalue weighted by Gasteiger charge is -2.09. The Bertz CT molecular complexity index is 708. The molecule has 1 aliphatic heterocycles. The summed E-state index contributed by atoms with van der Waals surface area (Å²) in [7, 11) is 0.